The van der Waals surface area contributed by atoms with E-state index in [-0.39, 0.29) is 5.91 Å². The van der Waals surface area contributed by atoms with E-state index in [0.29, 0.717) is 5.56 Å². The number of benzene rings is 2. The van der Waals surface area contributed by atoms with Crippen LogP contribution in [-0.4, -0.2) is 30.0 Å². The first-order chi connectivity index (χ1) is 11.1. The van der Waals surface area contributed by atoms with Crippen molar-refractivity contribution in [1.29, 1.82) is 0 Å². The number of nitrogens with one attached hydrogen (secondary N) is 2. The largest absolute Gasteiger partial charge is 0.378 e. The summed E-state index contributed by atoms with van der Waals surface area (Å²) in [6.45, 7) is 0. The Morgan fingerprint density at radius 3 is 2.70 bits per heavy atom. The Morgan fingerprint density at radius 2 is 1.96 bits per heavy atom. The van der Waals surface area contributed by atoms with Crippen molar-refractivity contribution >= 4 is 17.3 Å². The van der Waals surface area contributed by atoms with Gasteiger partial charge in [-0.2, -0.15) is 0 Å². The number of anilines is 2. The van der Waals surface area contributed by atoms with Gasteiger partial charge in [0.2, 0.25) is 0 Å². The lowest BCUT2D eigenvalue weighted by Crippen LogP contribution is -2.14. The third-order valence-corrected chi connectivity index (χ3v) is 3.55. The Kier molecular flexibility index (Phi) is 4.10. The molecule has 0 unspecified atom stereocenters. The van der Waals surface area contributed by atoms with Gasteiger partial charge in [-0.05, 0) is 30.3 Å². The second-order valence-corrected chi connectivity index (χ2v) is 5.44. The third-order valence-electron chi connectivity index (χ3n) is 3.55. The van der Waals surface area contributed by atoms with E-state index in [1.165, 1.54) is 0 Å². The second-order valence-electron chi connectivity index (χ2n) is 5.44. The molecule has 2 N–H and O–H groups in total. The topological polar surface area (TPSA) is 61.0 Å². The number of nitrogens with zero attached hydrogens (tertiary/aromatic N) is 2. The van der Waals surface area contributed by atoms with Crippen LogP contribution in [0.4, 0.5) is 11.4 Å². The first-order valence-corrected chi connectivity index (χ1v) is 7.31. The molecule has 0 aliphatic carbocycles. The number of carbonyl (C=O) groups is 1. The number of aromatic nitrogens is 2. The quantitative estimate of drug-likeness (QED) is 0.776. The molecule has 3 rings (SSSR count). The van der Waals surface area contributed by atoms with E-state index in [2.05, 4.69) is 15.3 Å². The summed E-state index contributed by atoms with van der Waals surface area (Å²) in [5.74, 6) is -0.129. The second kappa shape index (κ2) is 6.36. The number of amides is 1. The van der Waals surface area contributed by atoms with Crippen molar-refractivity contribution in [3.05, 3.63) is 66.6 Å². The van der Waals surface area contributed by atoms with Crippen molar-refractivity contribution in [2.75, 3.05) is 24.3 Å². The van der Waals surface area contributed by atoms with Crippen LogP contribution in [0, 0.1) is 0 Å². The highest BCUT2D eigenvalue weighted by atomic mass is 16.1. The number of hydrogen-bond acceptors (Lipinski definition) is 3. The van der Waals surface area contributed by atoms with Gasteiger partial charge in [0.25, 0.3) is 5.91 Å². The van der Waals surface area contributed by atoms with Crippen molar-refractivity contribution in [2.24, 2.45) is 0 Å². The lowest BCUT2D eigenvalue weighted by Gasteiger charge is -2.13. The predicted octanol–water partition coefficient (Wildman–Crippen LogP) is 3.40. The molecule has 116 valence electrons. The van der Waals surface area contributed by atoms with Gasteiger partial charge in [0, 0.05) is 36.6 Å². The van der Waals surface area contributed by atoms with E-state index in [9.17, 15) is 4.79 Å². The third kappa shape index (κ3) is 3.40. The summed E-state index contributed by atoms with van der Waals surface area (Å²) in [6.07, 6.45) is 3.38. The highest BCUT2D eigenvalue weighted by Crippen LogP contribution is 2.21. The minimum absolute atomic E-state index is 0.129. The van der Waals surface area contributed by atoms with E-state index in [1.54, 1.807) is 18.6 Å². The molecule has 0 radical (unpaired) electrons. The zero-order valence-corrected chi connectivity index (χ0v) is 13.1. The Balaban J connectivity index is 1.80. The first kappa shape index (κ1) is 14.8. The molecule has 0 atom stereocenters. The Morgan fingerprint density at radius 1 is 1.13 bits per heavy atom. The lowest BCUT2D eigenvalue weighted by molar-refractivity contribution is 0.102. The summed E-state index contributed by atoms with van der Waals surface area (Å²) in [5, 5.41) is 2.93. The van der Waals surface area contributed by atoms with Crippen LogP contribution in [0.2, 0.25) is 0 Å². The van der Waals surface area contributed by atoms with E-state index in [1.807, 2.05) is 61.5 Å². The zero-order valence-electron chi connectivity index (χ0n) is 13.1. The van der Waals surface area contributed by atoms with Gasteiger partial charge in [0.15, 0.2) is 0 Å². The van der Waals surface area contributed by atoms with Crippen LogP contribution in [0.1, 0.15) is 10.4 Å². The normalized spacial score (nSPS) is 10.3. The lowest BCUT2D eigenvalue weighted by atomic mass is 10.1. The fourth-order valence-corrected chi connectivity index (χ4v) is 2.31. The smallest absolute Gasteiger partial charge is 0.255 e. The summed E-state index contributed by atoms with van der Waals surface area (Å²) in [6, 6.07) is 15.2. The molecule has 2 aromatic carbocycles. The van der Waals surface area contributed by atoms with E-state index >= 15 is 0 Å². The Labute approximate surface area is 135 Å². The van der Waals surface area contributed by atoms with Crippen LogP contribution in [-0.2, 0) is 0 Å². The minimum atomic E-state index is -0.129. The van der Waals surface area contributed by atoms with E-state index < -0.39 is 0 Å². The van der Waals surface area contributed by atoms with Crippen molar-refractivity contribution in [2.45, 2.75) is 0 Å². The van der Waals surface area contributed by atoms with Crippen molar-refractivity contribution in [1.82, 2.24) is 9.97 Å². The molecule has 1 amide bonds. The SMILES string of the molecule is CN(C)c1cccc(C(=O)Nc2cccc(-c3cnc[nH]3)c2)c1. The van der Waals surface area contributed by atoms with Crippen molar-refractivity contribution in [3.8, 4) is 11.3 Å². The van der Waals surface area contributed by atoms with Gasteiger partial charge in [0.1, 0.15) is 0 Å². The van der Waals surface area contributed by atoms with Gasteiger partial charge in [-0.3, -0.25) is 4.79 Å². The van der Waals surface area contributed by atoms with E-state index in [0.717, 1.165) is 22.6 Å². The molecule has 0 spiro atoms. The number of imidazole rings is 1. The van der Waals surface area contributed by atoms with E-state index in [4.69, 9.17) is 0 Å². The summed E-state index contributed by atoms with van der Waals surface area (Å²) in [4.78, 5) is 21.5. The molecular weight excluding hydrogens is 288 g/mol. The maximum atomic E-state index is 12.4. The Bertz CT molecular complexity index is 809. The number of H-pyrrole nitrogens is 1. The van der Waals surface area contributed by atoms with Gasteiger partial charge in [-0.25, -0.2) is 4.98 Å². The number of aromatic amines is 1. The average Bonchev–Trinajstić information content (AvgIpc) is 3.10. The van der Waals surface area contributed by atoms with Gasteiger partial charge < -0.3 is 15.2 Å². The van der Waals surface area contributed by atoms with Gasteiger partial charge in [-0.15, -0.1) is 0 Å². The average molecular weight is 306 g/mol. The molecule has 0 fully saturated rings. The van der Waals surface area contributed by atoms with Crippen LogP contribution in [0.5, 0.6) is 0 Å². The van der Waals surface area contributed by atoms with Crippen molar-refractivity contribution in [3.63, 3.8) is 0 Å². The van der Waals surface area contributed by atoms with Gasteiger partial charge >= 0.3 is 0 Å². The minimum Gasteiger partial charge on any atom is -0.378 e. The maximum absolute atomic E-state index is 12.4. The molecule has 23 heavy (non-hydrogen) atoms. The molecule has 5 heteroatoms. The molecule has 0 aliphatic heterocycles. The molecule has 0 saturated heterocycles. The summed E-state index contributed by atoms with van der Waals surface area (Å²) < 4.78 is 0. The molecule has 0 saturated carbocycles. The number of rotatable bonds is 4. The van der Waals surface area contributed by atoms with Crippen molar-refractivity contribution < 1.29 is 4.79 Å². The molecule has 5 nitrogen and oxygen atoms in total. The summed E-state index contributed by atoms with van der Waals surface area (Å²) >= 11 is 0. The van der Waals surface area contributed by atoms with Crippen LogP contribution < -0.4 is 10.2 Å². The highest BCUT2D eigenvalue weighted by molar-refractivity contribution is 6.05. The standard InChI is InChI=1S/C18H18N4O/c1-22(2)16-8-4-6-14(10-16)18(23)21-15-7-3-5-13(9-15)17-11-19-12-20-17/h3-12H,1-2H3,(H,19,20)(H,21,23). The molecule has 3 aromatic rings. The van der Waals surface area contributed by atoms with Crippen LogP contribution in [0.3, 0.4) is 0 Å². The Hall–Kier alpha value is -3.08. The number of carbonyl (C=O) groups excluding carboxylic acids is 1. The van der Waals surface area contributed by atoms with Crippen LogP contribution in [0.25, 0.3) is 11.3 Å². The van der Waals surface area contributed by atoms with Gasteiger partial charge in [0.05, 0.1) is 18.2 Å². The summed E-state index contributed by atoms with van der Waals surface area (Å²) in [7, 11) is 3.90. The zero-order chi connectivity index (χ0) is 16.2. The molecule has 1 aromatic heterocycles. The van der Waals surface area contributed by atoms with Crippen LogP contribution in [0.15, 0.2) is 61.1 Å². The molecule has 1 heterocycles. The monoisotopic (exact) mass is 306 g/mol. The van der Waals surface area contributed by atoms with Crippen LogP contribution >= 0.6 is 0 Å². The molecule has 0 aliphatic rings. The fourth-order valence-electron chi connectivity index (χ4n) is 2.31. The highest BCUT2D eigenvalue weighted by Gasteiger charge is 2.08. The summed E-state index contributed by atoms with van der Waals surface area (Å²) in [5.41, 5.74) is 4.25. The van der Waals surface area contributed by atoms with Gasteiger partial charge in [-0.1, -0.05) is 18.2 Å². The maximum Gasteiger partial charge on any atom is 0.255 e. The number of hydrogen-bond donors (Lipinski definition) is 2. The molecular formula is C18H18N4O. The molecule has 0 bridgehead atoms. The fraction of sp³-hybridized carbons (Fsp3) is 0.111. The first-order valence-electron chi connectivity index (χ1n) is 7.31. The predicted molar refractivity (Wildman–Crippen MR) is 92.7 cm³/mol.